The number of carbonyl (C=O) groups excluding carboxylic acids is 1. The van der Waals surface area contributed by atoms with Gasteiger partial charge >= 0.3 is 6.09 Å². The summed E-state index contributed by atoms with van der Waals surface area (Å²) in [4.78, 5) is 29.9. The van der Waals surface area contributed by atoms with Crippen LogP contribution in [0.25, 0.3) is 17.0 Å². The van der Waals surface area contributed by atoms with Crippen molar-refractivity contribution in [3.63, 3.8) is 0 Å². The fraction of sp³-hybridized carbons (Fsp3) is 0.214. The van der Waals surface area contributed by atoms with Crippen molar-refractivity contribution in [3.8, 4) is 0 Å². The highest BCUT2D eigenvalue weighted by Crippen LogP contribution is 2.05. The molecular formula is C14H15N3O4. The Balaban J connectivity index is 2.01. The average Bonchev–Trinajstić information content (AvgIpc) is 2.48. The van der Waals surface area contributed by atoms with Crippen molar-refractivity contribution in [3.05, 3.63) is 46.6 Å². The number of fused-ring (bicyclic) bond motifs is 1. The number of amides is 1. The van der Waals surface area contributed by atoms with Crippen LogP contribution in [0.15, 0.2) is 35.3 Å². The maximum atomic E-state index is 11.8. The van der Waals surface area contributed by atoms with Gasteiger partial charge in [-0.2, -0.15) is 0 Å². The number of ether oxygens (including phenoxy) is 2. The Labute approximate surface area is 120 Å². The zero-order valence-corrected chi connectivity index (χ0v) is 11.5. The summed E-state index contributed by atoms with van der Waals surface area (Å²) in [5.41, 5.74) is 0.353. The SMILES string of the molecule is COCCOC(=O)N/C=C/c1nc2ccccc2c(=O)[nH]1. The second-order valence-corrected chi connectivity index (χ2v) is 4.07. The van der Waals surface area contributed by atoms with Crippen molar-refractivity contribution in [2.75, 3.05) is 20.3 Å². The number of aromatic amines is 1. The van der Waals surface area contributed by atoms with E-state index in [4.69, 9.17) is 9.47 Å². The molecule has 7 nitrogen and oxygen atoms in total. The Bertz CT molecular complexity index is 709. The number of aromatic nitrogens is 2. The van der Waals surface area contributed by atoms with Crippen molar-refractivity contribution >= 4 is 23.1 Å². The molecule has 0 bridgehead atoms. The molecule has 0 aliphatic heterocycles. The first-order valence-corrected chi connectivity index (χ1v) is 6.28. The normalized spacial score (nSPS) is 10.9. The van der Waals surface area contributed by atoms with Crippen LogP contribution in [0, 0.1) is 0 Å². The van der Waals surface area contributed by atoms with Crippen LogP contribution in [0.4, 0.5) is 4.79 Å². The fourth-order valence-electron chi connectivity index (χ4n) is 1.63. The van der Waals surface area contributed by atoms with Crippen LogP contribution >= 0.6 is 0 Å². The summed E-state index contributed by atoms with van der Waals surface area (Å²) >= 11 is 0. The lowest BCUT2D eigenvalue weighted by atomic mass is 10.2. The lowest BCUT2D eigenvalue weighted by Gasteiger charge is -2.02. The molecule has 2 aromatic rings. The molecule has 0 atom stereocenters. The number of nitrogens with zero attached hydrogens (tertiary/aromatic N) is 1. The third kappa shape index (κ3) is 4.15. The number of benzene rings is 1. The van der Waals surface area contributed by atoms with Gasteiger partial charge in [-0.1, -0.05) is 12.1 Å². The number of nitrogens with one attached hydrogen (secondary N) is 2. The van der Waals surface area contributed by atoms with E-state index in [1.165, 1.54) is 19.4 Å². The summed E-state index contributed by atoms with van der Waals surface area (Å²) in [7, 11) is 1.52. The van der Waals surface area contributed by atoms with Crippen molar-refractivity contribution in [2.24, 2.45) is 0 Å². The highest BCUT2D eigenvalue weighted by atomic mass is 16.6. The van der Waals surface area contributed by atoms with E-state index in [-0.39, 0.29) is 12.2 Å². The summed E-state index contributed by atoms with van der Waals surface area (Å²) in [5, 5.41) is 2.91. The molecule has 2 N–H and O–H groups in total. The smallest absolute Gasteiger partial charge is 0.411 e. The molecule has 0 saturated carbocycles. The maximum Gasteiger partial charge on any atom is 0.411 e. The van der Waals surface area contributed by atoms with Gasteiger partial charge in [-0.05, 0) is 18.2 Å². The van der Waals surface area contributed by atoms with Crippen LogP contribution in [0.3, 0.4) is 0 Å². The van der Waals surface area contributed by atoms with Crippen LogP contribution in [0.1, 0.15) is 5.82 Å². The minimum Gasteiger partial charge on any atom is -0.447 e. The van der Waals surface area contributed by atoms with E-state index >= 15 is 0 Å². The highest BCUT2D eigenvalue weighted by molar-refractivity contribution is 5.78. The molecule has 0 aliphatic rings. The third-order valence-corrected chi connectivity index (χ3v) is 2.59. The van der Waals surface area contributed by atoms with Gasteiger partial charge in [-0.25, -0.2) is 9.78 Å². The number of hydrogen-bond acceptors (Lipinski definition) is 5. The average molecular weight is 289 g/mol. The molecule has 110 valence electrons. The fourth-order valence-corrected chi connectivity index (χ4v) is 1.63. The Morgan fingerprint density at radius 1 is 1.38 bits per heavy atom. The van der Waals surface area contributed by atoms with E-state index < -0.39 is 6.09 Å². The molecule has 1 amide bonds. The van der Waals surface area contributed by atoms with Crippen molar-refractivity contribution in [1.29, 1.82) is 0 Å². The van der Waals surface area contributed by atoms with Crippen LogP contribution in [-0.4, -0.2) is 36.4 Å². The van der Waals surface area contributed by atoms with Crippen molar-refractivity contribution in [2.45, 2.75) is 0 Å². The largest absolute Gasteiger partial charge is 0.447 e. The van der Waals surface area contributed by atoms with Crippen molar-refractivity contribution in [1.82, 2.24) is 15.3 Å². The molecule has 0 saturated heterocycles. The van der Waals surface area contributed by atoms with Gasteiger partial charge < -0.3 is 14.5 Å². The van der Waals surface area contributed by atoms with E-state index in [1.54, 1.807) is 24.3 Å². The lowest BCUT2D eigenvalue weighted by molar-refractivity contribution is 0.101. The molecule has 0 spiro atoms. The minimum atomic E-state index is -0.605. The van der Waals surface area contributed by atoms with Crippen molar-refractivity contribution < 1.29 is 14.3 Å². The summed E-state index contributed by atoms with van der Waals surface area (Å²) in [6.45, 7) is 0.498. The number of carbonyl (C=O) groups is 1. The second kappa shape index (κ2) is 7.20. The number of hydrogen-bond donors (Lipinski definition) is 2. The van der Waals surface area contributed by atoms with Gasteiger partial charge in [0.05, 0.1) is 17.5 Å². The molecule has 0 unspecified atom stereocenters. The number of rotatable bonds is 5. The molecule has 2 rings (SSSR count). The van der Waals surface area contributed by atoms with E-state index in [0.717, 1.165) is 0 Å². The molecule has 7 heteroatoms. The first-order valence-electron chi connectivity index (χ1n) is 6.28. The highest BCUT2D eigenvalue weighted by Gasteiger charge is 2.01. The number of alkyl carbamates (subject to hydrolysis) is 1. The predicted molar refractivity (Wildman–Crippen MR) is 77.8 cm³/mol. The van der Waals surface area contributed by atoms with Gasteiger partial charge in [0, 0.05) is 13.3 Å². The zero-order chi connectivity index (χ0) is 15.1. The summed E-state index contributed by atoms with van der Waals surface area (Å²) in [6.07, 6.45) is 2.22. The molecular weight excluding hydrogens is 274 g/mol. The predicted octanol–water partition coefficient (Wildman–Crippen LogP) is 1.27. The Morgan fingerprint density at radius 2 is 2.19 bits per heavy atom. The zero-order valence-electron chi connectivity index (χ0n) is 11.5. The van der Waals surface area contributed by atoms with E-state index in [0.29, 0.717) is 23.3 Å². The molecule has 0 fully saturated rings. The molecule has 1 heterocycles. The van der Waals surface area contributed by atoms with E-state index in [9.17, 15) is 9.59 Å². The number of H-pyrrole nitrogens is 1. The van der Waals surface area contributed by atoms with Crippen LogP contribution < -0.4 is 10.9 Å². The van der Waals surface area contributed by atoms with Gasteiger partial charge in [0.2, 0.25) is 0 Å². The Kier molecular flexibility index (Phi) is 5.05. The molecule has 0 radical (unpaired) electrons. The Hall–Kier alpha value is -2.67. The molecule has 0 aliphatic carbocycles. The first-order chi connectivity index (χ1) is 10.2. The second-order valence-electron chi connectivity index (χ2n) is 4.07. The van der Waals surface area contributed by atoms with Gasteiger partial charge in [0.1, 0.15) is 12.4 Å². The molecule has 1 aromatic heterocycles. The quantitative estimate of drug-likeness (QED) is 0.808. The van der Waals surface area contributed by atoms with E-state index in [1.807, 2.05) is 0 Å². The maximum absolute atomic E-state index is 11.8. The topological polar surface area (TPSA) is 93.3 Å². The van der Waals surface area contributed by atoms with Crippen LogP contribution in [-0.2, 0) is 9.47 Å². The molecule has 21 heavy (non-hydrogen) atoms. The number of para-hydroxylation sites is 1. The first kappa shape index (κ1) is 14.7. The summed E-state index contributed by atoms with van der Waals surface area (Å²) < 4.78 is 9.54. The Morgan fingerprint density at radius 3 is 3.00 bits per heavy atom. The van der Waals surface area contributed by atoms with Crippen LogP contribution in [0.5, 0.6) is 0 Å². The summed E-state index contributed by atoms with van der Waals surface area (Å²) in [6, 6.07) is 7.01. The minimum absolute atomic E-state index is 0.168. The van der Waals surface area contributed by atoms with Gasteiger partial charge in [-0.3, -0.25) is 10.1 Å². The lowest BCUT2D eigenvalue weighted by Crippen LogP contribution is -2.20. The van der Waals surface area contributed by atoms with Crippen LogP contribution in [0.2, 0.25) is 0 Å². The number of methoxy groups -OCH3 is 1. The third-order valence-electron chi connectivity index (χ3n) is 2.59. The monoisotopic (exact) mass is 289 g/mol. The van der Waals surface area contributed by atoms with Gasteiger partial charge in [0.25, 0.3) is 5.56 Å². The van der Waals surface area contributed by atoms with E-state index in [2.05, 4.69) is 15.3 Å². The molecule has 1 aromatic carbocycles. The van der Waals surface area contributed by atoms with Gasteiger partial charge in [-0.15, -0.1) is 0 Å². The van der Waals surface area contributed by atoms with Gasteiger partial charge in [0.15, 0.2) is 0 Å². The standard InChI is InChI=1S/C14H15N3O4/c1-20-8-9-21-14(19)15-7-6-12-16-11-5-3-2-4-10(11)13(18)17-12/h2-7H,8-9H2,1H3,(H,15,19)(H,16,17,18)/b7-6+. The summed E-state index contributed by atoms with van der Waals surface area (Å²) in [5.74, 6) is 0.343.